The van der Waals surface area contributed by atoms with Crippen LogP contribution in [0.15, 0.2) is 18.3 Å². The molecule has 1 fully saturated rings. The summed E-state index contributed by atoms with van der Waals surface area (Å²) >= 11 is 0. The maximum atomic E-state index is 10.7. The lowest BCUT2D eigenvalue weighted by atomic mass is 10.1. The largest absolute Gasteiger partial charge is 0.353 e. The van der Waals surface area contributed by atoms with Crippen molar-refractivity contribution in [2.45, 2.75) is 45.6 Å². The Balaban J connectivity index is 2.17. The van der Waals surface area contributed by atoms with Crippen molar-refractivity contribution in [3.8, 4) is 0 Å². The maximum absolute atomic E-state index is 10.7. The Morgan fingerprint density at radius 1 is 1.39 bits per heavy atom. The van der Waals surface area contributed by atoms with Crippen LogP contribution in [0.4, 0.5) is 5.82 Å². The number of aromatic nitrogens is 1. The number of anilines is 1. The van der Waals surface area contributed by atoms with Crippen LogP contribution in [0, 0.1) is 5.92 Å². The summed E-state index contributed by atoms with van der Waals surface area (Å²) in [6.07, 6.45) is 7.70. The van der Waals surface area contributed by atoms with E-state index >= 15 is 0 Å². The molecule has 1 saturated carbocycles. The smallest absolute Gasteiger partial charge is 0.151 e. The van der Waals surface area contributed by atoms with Crippen molar-refractivity contribution in [1.82, 2.24) is 4.98 Å². The Morgan fingerprint density at radius 3 is 2.61 bits per heavy atom. The van der Waals surface area contributed by atoms with Crippen molar-refractivity contribution >= 4 is 12.1 Å². The number of carbonyl (C=O) groups is 1. The highest BCUT2D eigenvalue weighted by Gasteiger charge is 2.24. The minimum Gasteiger partial charge on any atom is -0.353 e. The van der Waals surface area contributed by atoms with Gasteiger partial charge in [-0.3, -0.25) is 4.79 Å². The van der Waals surface area contributed by atoms with Crippen LogP contribution in [-0.2, 0) is 0 Å². The third kappa shape index (κ3) is 3.09. The molecule has 1 aliphatic rings. The molecule has 98 valence electrons. The second-order valence-electron chi connectivity index (χ2n) is 5.55. The Morgan fingerprint density at radius 2 is 2.11 bits per heavy atom. The molecule has 0 aromatic carbocycles. The van der Waals surface area contributed by atoms with Gasteiger partial charge in [-0.05, 0) is 30.9 Å². The van der Waals surface area contributed by atoms with Crippen molar-refractivity contribution in [2.75, 3.05) is 11.4 Å². The quantitative estimate of drug-likeness (QED) is 0.747. The van der Waals surface area contributed by atoms with E-state index < -0.39 is 0 Å². The van der Waals surface area contributed by atoms with Gasteiger partial charge in [0.1, 0.15) is 5.82 Å². The molecular formula is C15H22N2O. The average molecular weight is 246 g/mol. The van der Waals surface area contributed by atoms with Crippen LogP contribution in [0.2, 0.25) is 0 Å². The monoisotopic (exact) mass is 246 g/mol. The van der Waals surface area contributed by atoms with Crippen LogP contribution >= 0.6 is 0 Å². The first-order valence-electron chi connectivity index (χ1n) is 6.88. The molecule has 0 amide bonds. The van der Waals surface area contributed by atoms with Gasteiger partial charge in [0.15, 0.2) is 6.29 Å². The van der Waals surface area contributed by atoms with Gasteiger partial charge in [0.2, 0.25) is 0 Å². The molecule has 0 radical (unpaired) electrons. The van der Waals surface area contributed by atoms with Crippen molar-refractivity contribution < 1.29 is 4.79 Å². The Kier molecular flexibility index (Phi) is 4.34. The highest BCUT2D eigenvalue weighted by Crippen LogP contribution is 2.27. The molecule has 0 bridgehead atoms. The van der Waals surface area contributed by atoms with Gasteiger partial charge >= 0.3 is 0 Å². The normalized spacial score (nSPS) is 16.2. The third-order valence-electron chi connectivity index (χ3n) is 3.53. The molecule has 1 aromatic rings. The Hall–Kier alpha value is -1.38. The zero-order valence-electron chi connectivity index (χ0n) is 11.3. The lowest BCUT2D eigenvalue weighted by molar-refractivity contribution is 0.112. The molecule has 1 aromatic heterocycles. The summed E-state index contributed by atoms with van der Waals surface area (Å²) < 4.78 is 0. The highest BCUT2D eigenvalue weighted by molar-refractivity contribution is 5.74. The second kappa shape index (κ2) is 5.98. The molecule has 2 rings (SSSR count). The molecular weight excluding hydrogens is 224 g/mol. The summed E-state index contributed by atoms with van der Waals surface area (Å²) in [6.45, 7) is 5.52. The number of nitrogens with zero attached hydrogens (tertiary/aromatic N) is 2. The summed E-state index contributed by atoms with van der Waals surface area (Å²) in [5.41, 5.74) is 0.648. The molecule has 0 spiro atoms. The summed E-state index contributed by atoms with van der Waals surface area (Å²) in [5.74, 6) is 1.64. The van der Waals surface area contributed by atoms with E-state index in [2.05, 4.69) is 23.7 Å². The summed E-state index contributed by atoms with van der Waals surface area (Å²) in [5, 5.41) is 0. The topological polar surface area (TPSA) is 33.2 Å². The third-order valence-corrected chi connectivity index (χ3v) is 3.53. The molecule has 3 heteroatoms. The van der Waals surface area contributed by atoms with E-state index in [4.69, 9.17) is 0 Å². The van der Waals surface area contributed by atoms with Crippen molar-refractivity contribution in [1.29, 1.82) is 0 Å². The molecule has 0 saturated heterocycles. The van der Waals surface area contributed by atoms with E-state index in [9.17, 15) is 4.79 Å². The van der Waals surface area contributed by atoms with Crippen molar-refractivity contribution in [2.24, 2.45) is 5.92 Å². The molecule has 1 heterocycles. The minimum atomic E-state index is 0.623. The number of aldehydes is 1. The number of rotatable bonds is 5. The van der Waals surface area contributed by atoms with Gasteiger partial charge < -0.3 is 4.90 Å². The standard InChI is InChI=1S/C15H22N2O/c1-12(2)10-17(14-5-3-4-6-14)15-8-7-13(11-18)9-16-15/h7-9,11-12,14H,3-6,10H2,1-2H3. The fourth-order valence-corrected chi connectivity index (χ4v) is 2.68. The molecule has 1 aliphatic carbocycles. The predicted octanol–water partition coefficient (Wildman–Crippen LogP) is 3.30. The zero-order chi connectivity index (χ0) is 13.0. The second-order valence-corrected chi connectivity index (χ2v) is 5.55. The fourth-order valence-electron chi connectivity index (χ4n) is 2.68. The van der Waals surface area contributed by atoms with Crippen LogP contribution in [0.5, 0.6) is 0 Å². The lowest BCUT2D eigenvalue weighted by Crippen LogP contribution is -2.36. The number of hydrogen-bond donors (Lipinski definition) is 0. The molecule has 0 N–H and O–H groups in total. The molecule has 0 atom stereocenters. The maximum Gasteiger partial charge on any atom is 0.151 e. The first-order chi connectivity index (χ1) is 8.70. The molecule has 0 unspecified atom stereocenters. The van der Waals surface area contributed by atoms with Gasteiger partial charge in [-0.1, -0.05) is 26.7 Å². The van der Waals surface area contributed by atoms with Crippen LogP contribution < -0.4 is 4.90 Å². The van der Waals surface area contributed by atoms with E-state index in [1.54, 1.807) is 6.20 Å². The molecule has 18 heavy (non-hydrogen) atoms. The predicted molar refractivity (Wildman–Crippen MR) is 74.1 cm³/mol. The first-order valence-corrected chi connectivity index (χ1v) is 6.88. The van der Waals surface area contributed by atoms with Crippen LogP contribution in [0.3, 0.4) is 0 Å². The van der Waals surface area contributed by atoms with Crippen LogP contribution in [-0.4, -0.2) is 23.9 Å². The van der Waals surface area contributed by atoms with Gasteiger partial charge in [-0.15, -0.1) is 0 Å². The molecule has 0 aliphatic heterocycles. The van der Waals surface area contributed by atoms with Gasteiger partial charge in [0.05, 0.1) is 0 Å². The zero-order valence-corrected chi connectivity index (χ0v) is 11.3. The Bertz CT molecular complexity index is 380. The summed E-state index contributed by atoms with van der Waals surface area (Å²) in [7, 11) is 0. The van der Waals surface area contributed by atoms with E-state index in [0.717, 1.165) is 18.6 Å². The highest BCUT2D eigenvalue weighted by atomic mass is 16.1. The number of hydrogen-bond acceptors (Lipinski definition) is 3. The van der Waals surface area contributed by atoms with E-state index in [-0.39, 0.29) is 0 Å². The lowest BCUT2D eigenvalue weighted by Gasteiger charge is -2.31. The Labute approximate surface area is 109 Å². The van der Waals surface area contributed by atoms with Gasteiger partial charge in [0, 0.05) is 24.3 Å². The summed E-state index contributed by atoms with van der Waals surface area (Å²) in [6, 6.07) is 4.46. The van der Waals surface area contributed by atoms with E-state index in [0.29, 0.717) is 17.5 Å². The van der Waals surface area contributed by atoms with Gasteiger partial charge in [-0.25, -0.2) is 4.98 Å². The van der Waals surface area contributed by atoms with Crippen molar-refractivity contribution in [3.63, 3.8) is 0 Å². The molecule has 3 nitrogen and oxygen atoms in total. The van der Waals surface area contributed by atoms with Crippen molar-refractivity contribution in [3.05, 3.63) is 23.9 Å². The van der Waals surface area contributed by atoms with Crippen LogP contribution in [0.1, 0.15) is 49.9 Å². The van der Waals surface area contributed by atoms with Crippen LogP contribution in [0.25, 0.3) is 0 Å². The minimum absolute atomic E-state index is 0.623. The first kappa shape index (κ1) is 13.1. The number of carbonyl (C=O) groups excluding carboxylic acids is 1. The van der Waals surface area contributed by atoms with E-state index in [1.807, 2.05) is 12.1 Å². The fraction of sp³-hybridized carbons (Fsp3) is 0.600. The van der Waals surface area contributed by atoms with Gasteiger partial charge in [-0.2, -0.15) is 0 Å². The van der Waals surface area contributed by atoms with E-state index in [1.165, 1.54) is 25.7 Å². The SMILES string of the molecule is CC(C)CN(c1ccc(C=O)cn1)C1CCCC1. The number of pyridine rings is 1. The average Bonchev–Trinajstić information content (AvgIpc) is 2.89. The summed E-state index contributed by atoms with van der Waals surface area (Å²) in [4.78, 5) is 17.5. The van der Waals surface area contributed by atoms with Gasteiger partial charge in [0.25, 0.3) is 0 Å².